The highest BCUT2D eigenvalue weighted by Gasteiger charge is 2.29. The molecule has 1 heterocycles. The highest BCUT2D eigenvalue weighted by molar-refractivity contribution is 5.84. The summed E-state index contributed by atoms with van der Waals surface area (Å²) in [6, 6.07) is 18.9. The van der Waals surface area contributed by atoms with Crippen LogP contribution in [0.2, 0.25) is 0 Å². The van der Waals surface area contributed by atoms with Gasteiger partial charge in [0.1, 0.15) is 18.9 Å². The van der Waals surface area contributed by atoms with Crippen LogP contribution in [0.1, 0.15) is 33.4 Å². The lowest BCUT2D eigenvalue weighted by Crippen LogP contribution is -2.38. The van der Waals surface area contributed by atoms with Gasteiger partial charge in [-0.3, -0.25) is 4.79 Å². The van der Waals surface area contributed by atoms with Crippen molar-refractivity contribution in [2.24, 2.45) is 0 Å². The number of aromatic carboxylic acids is 1. The molecule has 4 rings (SSSR count). The third-order valence-corrected chi connectivity index (χ3v) is 5.42. The van der Waals surface area contributed by atoms with Gasteiger partial charge in [-0.05, 0) is 34.4 Å². The van der Waals surface area contributed by atoms with E-state index in [1.807, 2.05) is 36.4 Å². The summed E-state index contributed by atoms with van der Waals surface area (Å²) in [5, 5.41) is 11.4. The number of amides is 2. The van der Waals surface area contributed by atoms with E-state index in [0.717, 1.165) is 22.3 Å². The number of furan rings is 1. The van der Waals surface area contributed by atoms with Crippen molar-refractivity contribution in [1.82, 2.24) is 10.2 Å². The van der Waals surface area contributed by atoms with Crippen LogP contribution in [-0.2, 0) is 16.1 Å². The fourth-order valence-corrected chi connectivity index (χ4v) is 3.83. The minimum Gasteiger partial charge on any atom is -0.475 e. The lowest BCUT2D eigenvalue weighted by molar-refractivity contribution is -0.129. The zero-order chi connectivity index (χ0) is 22.7. The van der Waals surface area contributed by atoms with Crippen molar-refractivity contribution in [3.63, 3.8) is 0 Å². The first-order valence-electron chi connectivity index (χ1n) is 10.1. The number of fused-ring (bicyclic) bond motifs is 3. The summed E-state index contributed by atoms with van der Waals surface area (Å²) >= 11 is 0. The smallest absolute Gasteiger partial charge is 0.407 e. The number of nitrogens with one attached hydrogen (secondary N) is 1. The average molecular weight is 434 g/mol. The number of hydrogen-bond acceptors (Lipinski definition) is 5. The number of carbonyl (C=O) groups excluding carboxylic acids is 2. The topological polar surface area (TPSA) is 109 Å². The number of rotatable bonds is 7. The lowest BCUT2D eigenvalue weighted by Gasteiger charge is -2.17. The number of carboxylic acid groups (broad SMARTS) is 1. The molecule has 0 radical (unpaired) electrons. The van der Waals surface area contributed by atoms with Crippen molar-refractivity contribution in [3.8, 4) is 11.1 Å². The monoisotopic (exact) mass is 434 g/mol. The predicted octanol–water partition coefficient (Wildman–Crippen LogP) is 3.47. The number of alkyl carbamates (subject to hydrolysis) is 1. The first kappa shape index (κ1) is 21.2. The van der Waals surface area contributed by atoms with E-state index >= 15 is 0 Å². The summed E-state index contributed by atoms with van der Waals surface area (Å²) < 4.78 is 10.6. The fraction of sp³-hybridized carbons (Fsp3) is 0.208. The van der Waals surface area contributed by atoms with E-state index in [1.54, 1.807) is 0 Å². The SMILES string of the molecule is CN(Cc1ccc(C(=O)O)o1)C(=O)CNC(=O)OCC1c2ccccc2-c2ccccc21. The Morgan fingerprint density at radius 2 is 1.62 bits per heavy atom. The number of benzene rings is 2. The zero-order valence-corrected chi connectivity index (χ0v) is 17.4. The Morgan fingerprint density at radius 3 is 2.22 bits per heavy atom. The van der Waals surface area contributed by atoms with Crippen LogP contribution in [0.5, 0.6) is 0 Å². The molecule has 32 heavy (non-hydrogen) atoms. The molecular weight excluding hydrogens is 412 g/mol. The average Bonchev–Trinajstić information content (AvgIpc) is 3.39. The summed E-state index contributed by atoms with van der Waals surface area (Å²) in [5.41, 5.74) is 4.49. The molecule has 0 atom stereocenters. The molecule has 2 aromatic carbocycles. The second-order valence-corrected chi connectivity index (χ2v) is 7.50. The fourth-order valence-electron chi connectivity index (χ4n) is 3.83. The van der Waals surface area contributed by atoms with Gasteiger partial charge in [0.25, 0.3) is 0 Å². The maximum absolute atomic E-state index is 12.3. The lowest BCUT2D eigenvalue weighted by atomic mass is 9.98. The van der Waals surface area contributed by atoms with E-state index in [9.17, 15) is 14.4 Å². The van der Waals surface area contributed by atoms with Gasteiger partial charge in [-0.2, -0.15) is 0 Å². The Kier molecular flexibility index (Phi) is 5.93. The third-order valence-electron chi connectivity index (χ3n) is 5.42. The van der Waals surface area contributed by atoms with Crippen LogP contribution in [-0.4, -0.2) is 48.2 Å². The zero-order valence-electron chi connectivity index (χ0n) is 17.4. The minimum absolute atomic E-state index is 0.0612. The number of likely N-dealkylation sites (N-methyl/N-ethyl adjacent to an activating group) is 1. The molecular formula is C24H22N2O6. The molecule has 1 aliphatic rings. The van der Waals surface area contributed by atoms with Gasteiger partial charge in [0.2, 0.25) is 11.7 Å². The van der Waals surface area contributed by atoms with E-state index in [-0.39, 0.29) is 37.3 Å². The van der Waals surface area contributed by atoms with Gasteiger partial charge in [0.15, 0.2) is 0 Å². The molecule has 0 saturated carbocycles. The van der Waals surface area contributed by atoms with Gasteiger partial charge in [-0.15, -0.1) is 0 Å². The van der Waals surface area contributed by atoms with E-state index in [4.69, 9.17) is 14.3 Å². The number of ether oxygens (including phenoxy) is 1. The number of carboxylic acids is 1. The third kappa shape index (κ3) is 4.34. The van der Waals surface area contributed by atoms with Gasteiger partial charge < -0.3 is 24.5 Å². The van der Waals surface area contributed by atoms with Gasteiger partial charge in [0, 0.05) is 13.0 Å². The predicted molar refractivity (Wildman–Crippen MR) is 115 cm³/mol. The maximum atomic E-state index is 12.3. The highest BCUT2D eigenvalue weighted by Crippen LogP contribution is 2.44. The number of hydrogen-bond donors (Lipinski definition) is 2. The van der Waals surface area contributed by atoms with Crippen LogP contribution < -0.4 is 5.32 Å². The maximum Gasteiger partial charge on any atom is 0.407 e. The Labute approximate surface area is 184 Å². The summed E-state index contributed by atoms with van der Waals surface area (Å²) in [7, 11) is 1.53. The summed E-state index contributed by atoms with van der Waals surface area (Å²) in [5.74, 6) is -1.47. The Bertz CT molecular complexity index is 1120. The van der Waals surface area contributed by atoms with E-state index < -0.39 is 12.1 Å². The molecule has 2 amide bonds. The van der Waals surface area contributed by atoms with Crippen molar-refractivity contribution in [2.45, 2.75) is 12.5 Å². The van der Waals surface area contributed by atoms with Gasteiger partial charge in [-0.1, -0.05) is 48.5 Å². The van der Waals surface area contributed by atoms with Gasteiger partial charge >= 0.3 is 12.1 Å². The van der Waals surface area contributed by atoms with Crippen LogP contribution in [0, 0.1) is 0 Å². The van der Waals surface area contributed by atoms with Crippen LogP contribution in [0.25, 0.3) is 11.1 Å². The van der Waals surface area contributed by atoms with Crippen molar-refractivity contribution in [2.75, 3.05) is 20.2 Å². The number of carbonyl (C=O) groups is 3. The molecule has 8 heteroatoms. The molecule has 1 aliphatic carbocycles. The molecule has 0 saturated heterocycles. The van der Waals surface area contributed by atoms with Gasteiger partial charge in [0.05, 0.1) is 6.54 Å². The van der Waals surface area contributed by atoms with Crippen molar-refractivity contribution in [3.05, 3.63) is 83.3 Å². The molecule has 1 aromatic heterocycles. The largest absolute Gasteiger partial charge is 0.475 e. The highest BCUT2D eigenvalue weighted by atomic mass is 16.5. The normalized spacial score (nSPS) is 12.0. The van der Waals surface area contributed by atoms with Crippen LogP contribution in [0.3, 0.4) is 0 Å². The summed E-state index contributed by atoms with van der Waals surface area (Å²) in [6.07, 6.45) is -0.681. The molecule has 8 nitrogen and oxygen atoms in total. The van der Waals surface area contributed by atoms with E-state index in [0.29, 0.717) is 5.76 Å². The second-order valence-electron chi connectivity index (χ2n) is 7.50. The first-order chi connectivity index (χ1) is 15.4. The molecule has 0 bridgehead atoms. The first-order valence-corrected chi connectivity index (χ1v) is 10.1. The summed E-state index contributed by atoms with van der Waals surface area (Å²) in [4.78, 5) is 36.7. The summed E-state index contributed by atoms with van der Waals surface area (Å²) in [6.45, 7) is -0.00754. The van der Waals surface area contributed by atoms with E-state index in [2.05, 4.69) is 17.4 Å². The van der Waals surface area contributed by atoms with Crippen LogP contribution >= 0.6 is 0 Å². The molecule has 0 unspecified atom stereocenters. The van der Waals surface area contributed by atoms with Crippen molar-refractivity contribution >= 4 is 18.0 Å². The Morgan fingerprint density at radius 1 is 1.00 bits per heavy atom. The van der Waals surface area contributed by atoms with Crippen molar-refractivity contribution in [1.29, 1.82) is 0 Å². The molecule has 3 aromatic rings. The standard InChI is InChI=1S/C24H22N2O6/c1-26(13-15-10-11-21(32-15)23(28)29)22(27)12-25-24(30)31-14-20-18-8-4-2-6-16(18)17-7-3-5-9-19(17)20/h2-11,20H,12-14H2,1H3,(H,25,30)(H,28,29). The molecule has 164 valence electrons. The minimum atomic E-state index is -1.18. The Balaban J connectivity index is 1.29. The number of nitrogens with zero attached hydrogens (tertiary/aromatic N) is 1. The second kappa shape index (κ2) is 8.97. The molecule has 0 spiro atoms. The van der Waals surface area contributed by atoms with Crippen molar-refractivity contribution < 1.29 is 28.6 Å². The molecule has 2 N–H and O–H groups in total. The molecule has 0 fully saturated rings. The van der Waals surface area contributed by atoms with Crippen LogP contribution in [0.15, 0.2) is 65.1 Å². The quantitative estimate of drug-likeness (QED) is 0.589. The van der Waals surface area contributed by atoms with Crippen LogP contribution in [0.4, 0.5) is 4.79 Å². The molecule has 0 aliphatic heterocycles. The van der Waals surface area contributed by atoms with E-state index in [1.165, 1.54) is 24.1 Å². The Hall–Kier alpha value is -4.07. The van der Waals surface area contributed by atoms with Gasteiger partial charge in [-0.25, -0.2) is 9.59 Å².